The van der Waals surface area contributed by atoms with E-state index in [2.05, 4.69) is 10.2 Å². The SMILES string of the molecule is CCOC(=O)Oc1cc2cc(F)ccc2n1Cc1ccc(C)nn1. The molecule has 0 unspecified atom stereocenters. The molecule has 0 atom stereocenters. The van der Waals surface area contributed by atoms with Gasteiger partial charge < -0.3 is 14.0 Å². The zero-order chi connectivity index (χ0) is 17.1. The van der Waals surface area contributed by atoms with E-state index in [4.69, 9.17) is 9.47 Å². The van der Waals surface area contributed by atoms with Gasteiger partial charge in [0.25, 0.3) is 0 Å². The first-order valence-corrected chi connectivity index (χ1v) is 7.49. The molecule has 0 aliphatic heterocycles. The highest BCUT2D eigenvalue weighted by atomic mass is 19.1. The summed E-state index contributed by atoms with van der Waals surface area (Å²) >= 11 is 0. The van der Waals surface area contributed by atoms with Crippen LogP contribution in [0.15, 0.2) is 36.4 Å². The van der Waals surface area contributed by atoms with E-state index in [1.165, 1.54) is 12.1 Å². The lowest BCUT2D eigenvalue weighted by Crippen LogP contribution is -2.13. The maximum atomic E-state index is 13.5. The minimum atomic E-state index is -0.808. The van der Waals surface area contributed by atoms with Crippen molar-refractivity contribution in [1.82, 2.24) is 14.8 Å². The summed E-state index contributed by atoms with van der Waals surface area (Å²) in [6, 6.07) is 9.64. The van der Waals surface area contributed by atoms with Crippen LogP contribution < -0.4 is 4.74 Å². The molecule has 0 N–H and O–H groups in total. The van der Waals surface area contributed by atoms with Crippen LogP contribution in [-0.4, -0.2) is 27.5 Å². The average Bonchev–Trinajstić information content (AvgIpc) is 2.86. The van der Waals surface area contributed by atoms with Crippen LogP contribution >= 0.6 is 0 Å². The predicted molar refractivity (Wildman–Crippen MR) is 85.4 cm³/mol. The maximum Gasteiger partial charge on any atom is 0.515 e. The van der Waals surface area contributed by atoms with E-state index in [1.807, 2.05) is 19.1 Å². The van der Waals surface area contributed by atoms with Crippen LogP contribution in [0.3, 0.4) is 0 Å². The summed E-state index contributed by atoms with van der Waals surface area (Å²) in [6.07, 6.45) is -0.808. The highest BCUT2D eigenvalue weighted by molar-refractivity contribution is 5.83. The molecular weight excluding hydrogens is 313 g/mol. The molecule has 0 saturated heterocycles. The van der Waals surface area contributed by atoms with Crippen molar-refractivity contribution in [2.24, 2.45) is 0 Å². The highest BCUT2D eigenvalue weighted by Gasteiger charge is 2.15. The van der Waals surface area contributed by atoms with Gasteiger partial charge in [-0.15, -0.1) is 0 Å². The molecule has 1 aromatic carbocycles. The van der Waals surface area contributed by atoms with Gasteiger partial charge >= 0.3 is 6.16 Å². The lowest BCUT2D eigenvalue weighted by molar-refractivity contribution is 0.101. The van der Waals surface area contributed by atoms with E-state index in [1.54, 1.807) is 23.6 Å². The van der Waals surface area contributed by atoms with Crippen molar-refractivity contribution < 1.29 is 18.7 Å². The molecule has 0 aliphatic rings. The molecule has 0 amide bonds. The monoisotopic (exact) mass is 329 g/mol. The maximum absolute atomic E-state index is 13.5. The molecule has 3 aromatic rings. The van der Waals surface area contributed by atoms with Gasteiger partial charge in [-0.1, -0.05) is 0 Å². The first-order valence-electron chi connectivity index (χ1n) is 7.49. The molecule has 124 valence electrons. The summed E-state index contributed by atoms with van der Waals surface area (Å²) in [5, 5.41) is 8.76. The molecular formula is C17H16FN3O3. The van der Waals surface area contributed by atoms with Gasteiger partial charge in [-0.2, -0.15) is 10.2 Å². The van der Waals surface area contributed by atoms with Crippen molar-refractivity contribution in [3.8, 4) is 5.88 Å². The zero-order valence-corrected chi connectivity index (χ0v) is 13.3. The van der Waals surface area contributed by atoms with Crippen LogP contribution in [0, 0.1) is 12.7 Å². The van der Waals surface area contributed by atoms with Gasteiger partial charge in [-0.05, 0) is 44.2 Å². The number of carbonyl (C=O) groups is 1. The molecule has 24 heavy (non-hydrogen) atoms. The molecule has 0 radical (unpaired) electrons. The van der Waals surface area contributed by atoms with Crippen molar-refractivity contribution >= 4 is 17.1 Å². The minimum absolute atomic E-state index is 0.205. The molecule has 7 heteroatoms. The summed E-state index contributed by atoms with van der Waals surface area (Å²) in [7, 11) is 0. The normalized spacial score (nSPS) is 10.8. The second-order valence-electron chi connectivity index (χ2n) is 5.22. The van der Waals surface area contributed by atoms with Crippen molar-refractivity contribution in [1.29, 1.82) is 0 Å². The van der Waals surface area contributed by atoms with Crippen molar-refractivity contribution in [2.45, 2.75) is 20.4 Å². The number of nitrogens with zero attached hydrogens (tertiary/aromatic N) is 3. The van der Waals surface area contributed by atoms with E-state index < -0.39 is 6.16 Å². The summed E-state index contributed by atoms with van der Waals surface area (Å²) in [5.41, 5.74) is 2.22. The Labute approximate surface area is 137 Å². The predicted octanol–water partition coefficient (Wildman–Crippen LogP) is 3.46. The van der Waals surface area contributed by atoms with Gasteiger partial charge in [-0.25, -0.2) is 9.18 Å². The minimum Gasteiger partial charge on any atom is -0.434 e. The molecule has 0 aliphatic carbocycles. The topological polar surface area (TPSA) is 66.2 Å². The van der Waals surface area contributed by atoms with Gasteiger partial charge in [0.1, 0.15) is 5.82 Å². The summed E-state index contributed by atoms with van der Waals surface area (Å²) < 4.78 is 25.2. The first kappa shape index (κ1) is 15.9. The van der Waals surface area contributed by atoms with E-state index in [-0.39, 0.29) is 18.3 Å². The third kappa shape index (κ3) is 3.34. The Balaban J connectivity index is 2.01. The number of ether oxygens (including phenoxy) is 2. The summed E-state index contributed by atoms with van der Waals surface area (Å²) in [6.45, 7) is 4.07. The number of carbonyl (C=O) groups excluding carboxylic acids is 1. The van der Waals surface area contributed by atoms with Crippen LogP contribution in [0.25, 0.3) is 10.9 Å². The van der Waals surface area contributed by atoms with Gasteiger partial charge in [0.05, 0.1) is 30.1 Å². The van der Waals surface area contributed by atoms with Crippen LogP contribution in [0.5, 0.6) is 5.88 Å². The van der Waals surface area contributed by atoms with Gasteiger partial charge in [0.2, 0.25) is 5.88 Å². The number of benzene rings is 1. The van der Waals surface area contributed by atoms with E-state index in [0.717, 1.165) is 11.2 Å². The lowest BCUT2D eigenvalue weighted by atomic mass is 10.2. The Morgan fingerprint density at radius 1 is 1.21 bits per heavy atom. The molecule has 0 fully saturated rings. The largest absolute Gasteiger partial charge is 0.515 e. The highest BCUT2D eigenvalue weighted by Crippen LogP contribution is 2.27. The standard InChI is InChI=1S/C17H16FN3O3/c1-3-23-17(22)24-16-9-12-8-13(18)5-7-15(12)21(16)10-14-6-4-11(2)19-20-14/h4-9H,3,10H2,1-2H3. The van der Waals surface area contributed by atoms with Crippen molar-refractivity contribution in [3.05, 3.63) is 53.6 Å². The molecule has 6 nitrogen and oxygen atoms in total. The molecule has 0 bridgehead atoms. The lowest BCUT2D eigenvalue weighted by Gasteiger charge is -2.10. The fourth-order valence-electron chi connectivity index (χ4n) is 2.37. The number of hydrogen-bond acceptors (Lipinski definition) is 5. The number of halogens is 1. The van der Waals surface area contributed by atoms with E-state index in [0.29, 0.717) is 17.6 Å². The van der Waals surface area contributed by atoms with Gasteiger partial charge in [-0.3, -0.25) is 0 Å². The first-order chi connectivity index (χ1) is 11.6. The average molecular weight is 329 g/mol. The Bertz CT molecular complexity index is 875. The molecule has 0 saturated carbocycles. The van der Waals surface area contributed by atoms with Crippen molar-refractivity contribution in [3.63, 3.8) is 0 Å². The van der Waals surface area contributed by atoms with Crippen LogP contribution in [-0.2, 0) is 11.3 Å². The quantitative estimate of drug-likeness (QED) is 0.686. The summed E-state index contributed by atoms with van der Waals surface area (Å²) in [5.74, 6) is -0.103. The van der Waals surface area contributed by atoms with E-state index >= 15 is 0 Å². The Morgan fingerprint density at radius 2 is 2.04 bits per heavy atom. The van der Waals surface area contributed by atoms with Crippen LogP contribution in [0.4, 0.5) is 9.18 Å². The Morgan fingerprint density at radius 3 is 2.75 bits per heavy atom. The second-order valence-corrected chi connectivity index (χ2v) is 5.22. The van der Waals surface area contributed by atoms with Crippen LogP contribution in [0.1, 0.15) is 18.3 Å². The number of fused-ring (bicyclic) bond motifs is 1. The third-order valence-electron chi connectivity index (χ3n) is 3.45. The van der Waals surface area contributed by atoms with Crippen molar-refractivity contribution in [2.75, 3.05) is 6.61 Å². The number of hydrogen-bond donors (Lipinski definition) is 0. The molecule has 3 rings (SSSR count). The Hall–Kier alpha value is -2.96. The molecule has 2 aromatic heterocycles. The van der Waals surface area contributed by atoms with Gasteiger partial charge in [0.15, 0.2) is 0 Å². The number of aromatic nitrogens is 3. The number of aryl methyl sites for hydroxylation is 1. The third-order valence-corrected chi connectivity index (χ3v) is 3.45. The second kappa shape index (κ2) is 6.66. The Kier molecular flexibility index (Phi) is 4.41. The number of rotatable bonds is 4. The zero-order valence-electron chi connectivity index (χ0n) is 13.3. The fourth-order valence-corrected chi connectivity index (χ4v) is 2.37. The molecule has 0 spiro atoms. The van der Waals surface area contributed by atoms with E-state index in [9.17, 15) is 9.18 Å². The fraction of sp³-hybridized carbons (Fsp3) is 0.235. The smallest absolute Gasteiger partial charge is 0.434 e. The summed E-state index contributed by atoms with van der Waals surface area (Å²) in [4.78, 5) is 11.6. The molecule has 2 heterocycles. The van der Waals surface area contributed by atoms with Crippen LogP contribution in [0.2, 0.25) is 0 Å². The van der Waals surface area contributed by atoms with Gasteiger partial charge in [0, 0.05) is 11.5 Å².